The fourth-order valence-corrected chi connectivity index (χ4v) is 3.72. The molecule has 1 atom stereocenters. The molecule has 1 aromatic heterocycles. The maximum atomic E-state index is 13.1. The number of carbonyl (C=O) groups excluding carboxylic acids is 1. The lowest BCUT2D eigenvalue weighted by Crippen LogP contribution is -2.42. The Balaban J connectivity index is 1.90. The van der Waals surface area contributed by atoms with Crippen LogP contribution in [0.4, 0.5) is 0 Å². The van der Waals surface area contributed by atoms with E-state index in [1.54, 1.807) is 0 Å². The van der Waals surface area contributed by atoms with E-state index in [0.717, 1.165) is 62.3 Å². The Morgan fingerprint density at radius 3 is 2.73 bits per heavy atom. The van der Waals surface area contributed by atoms with Crippen molar-refractivity contribution in [2.24, 2.45) is 0 Å². The summed E-state index contributed by atoms with van der Waals surface area (Å²) in [5.74, 6) is 0.605. The number of amides is 1. The van der Waals surface area contributed by atoms with Crippen LogP contribution in [0.15, 0.2) is 12.1 Å². The molecule has 1 aromatic rings. The van der Waals surface area contributed by atoms with E-state index >= 15 is 0 Å². The first-order chi connectivity index (χ1) is 10.7. The third-order valence-electron chi connectivity index (χ3n) is 5.08. The summed E-state index contributed by atoms with van der Waals surface area (Å²) in [6.07, 6.45) is 5.63. The highest BCUT2D eigenvalue weighted by atomic mass is 16.2. The van der Waals surface area contributed by atoms with E-state index in [-0.39, 0.29) is 5.91 Å². The first kappa shape index (κ1) is 15.5. The summed E-state index contributed by atoms with van der Waals surface area (Å²) in [5.41, 5.74) is 2.88. The molecule has 22 heavy (non-hydrogen) atoms. The Hall–Kier alpha value is -1.42. The average Bonchev–Trinajstić information content (AvgIpc) is 2.55. The maximum absolute atomic E-state index is 13.1. The molecule has 1 N–H and O–H groups in total. The number of aromatic nitrogens is 1. The van der Waals surface area contributed by atoms with Crippen LogP contribution in [0.25, 0.3) is 0 Å². The molecule has 1 amide bonds. The average molecular weight is 301 g/mol. The van der Waals surface area contributed by atoms with Crippen LogP contribution in [0, 0.1) is 6.92 Å². The standard InChI is InChI=1S/C18H27N3O/c1-13-6-7-16(17(20-13)15-8-10-19-11-9-15)18(22)21-12-4-3-5-14(21)2/h6-7,14-15,19H,3-5,8-12H2,1-2H3. The van der Waals surface area contributed by atoms with Gasteiger partial charge in [-0.25, -0.2) is 0 Å². The summed E-state index contributed by atoms with van der Waals surface area (Å²) in [4.78, 5) is 19.9. The first-order valence-electron chi connectivity index (χ1n) is 8.66. The molecule has 2 aliphatic rings. The first-order valence-corrected chi connectivity index (χ1v) is 8.66. The van der Waals surface area contributed by atoms with Gasteiger partial charge in [0, 0.05) is 24.2 Å². The molecular weight excluding hydrogens is 274 g/mol. The van der Waals surface area contributed by atoms with Gasteiger partial charge in [0.25, 0.3) is 5.91 Å². The van der Waals surface area contributed by atoms with Gasteiger partial charge in [0.05, 0.1) is 11.3 Å². The topological polar surface area (TPSA) is 45.2 Å². The minimum atomic E-state index is 0.188. The predicted molar refractivity (Wildman–Crippen MR) is 88.2 cm³/mol. The Labute approximate surface area is 133 Å². The molecule has 0 saturated carbocycles. The Bertz CT molecular complexity index is 537. The van der Waals surface area contributed by atoms with Gasteiger partial charge in [-0.05, 0) is 71.2 Å². The molecule has 0 aliphatic carbocycles. The second-order valence-electron chi connectivity index (χ2n) is 6.75. The zero-order valence-electron chi connectivity index (χ0n) is 13.8. The highest BCUT2D eigenvalue weighted by Gasteiger charge is 2.29. The monoisotopic (exact) mass is 301 g/mol. The molecule has 3 rings (SSSR count). The van der Waals surface area contributed by atoms with Gasteiger partial charge in [0.1, 0.15) is 0 Å². The lowest BCUT2D eigenvalue weighted by Gasteiger charge is -2.34. The van der Waals surface area contributed by atoms with E-state index in [1.807, 2.05) is 19.1 Å². The fourth-order valence-electron chi connectivity index (χ4n) is 3.72. The van der Waals surface area contributed by atoms with Crippen molar-refractivity contribution in [3.8, 4) is 0 Å². The summed E-state index contributed by atoms with van der Waals surface area (Å²) in [5, 5.41) is 3.40. The van der Waals surface area contributed by atoms with Gasteiger partial charge < -0.3 is 10.2 Å². The molecular formula is C18H27N3O. The number of hydrogen-bond acceptors (Lipinski definition) is 3. The summed E-state index contributed by atoms with van der Waals surface area (Å²) in [6, 6.07) is 4.33. The molecule has 1 unspecified atom stereocenters. The highest BCUT2D eigenvalue weighted by Crippen LogP contribution is 2.29. The van der Waals surface area contributed by atoms with E-state index in [9.17, 15) is 4.79 Å². The summed E-state index contributed by atoms with van der Waals surface area (Å²) in [7, 11) is 0. The number of piperidine rings is 2. The lowest BCUT2D eigenvalue weighted by atomic mass is 9.90. The van der Waals surface area contributed by atoms with Crippen LogP contribution in [0.2, 0.25) is 0 Å². The Morgan fingerprint density at radius 1 is 1.23 bits per heavy atom. The van der Waals surface area contributed by atoms with Crippen LogP contribution < -0.4 is 5.32 Å². The minimum Gasteiger partial charge on any atom is -0.336 e. The molecule has 2 aliphatic heterocycles. The molecule has 0 radical (unpaired) electrons. The van der Waals surface area contributed by atoms with Crippen molar-refractivity contribution in [1.29, 1.82) is 0 Å². The third kappa shape index (κ3) is 3.17. The molecule has 4 nitrogen and oxygen atoms in total. The van der Waals surface area contributed by atoms with Crippen molar-refractivity contribution in [2.75, 3.05) is 19.6 Å². The Kier molecular flexibility index (Phi) is 4.77. The number of aryl methyl sites for hydroxylation is 1. The lowest BCUT2D eigenvalue weighted by molar-refractivity contribution is 0.0633. The second kappa shape index (κ2) is 6.78. The van der Waals surface area contributed by atoms with Crippen molar-refractivity contribution in [1.82, 2.24) is 15.2 Å². The number of nitrogens with zero attached hydrogens (tertiary/aromatic N) is 2. The van der Waals surface area contributed by atoms with Crippen LogP contribution in [-0.4, -0.2) is 41.5 Å². The van der Waals surface area contributed by atoms with Gasteiger partial charge in [-0.3, -0.25) is 9.78 Å². The number of carbonyl (C=O) groups is 1. The van der Waals surface area contributed by atoms with Gasteiger partial charge in [-0.2, -0.15) is 0 Å². The predicted octanol–water partition coefficient (Wildman–Crippen LogP) is 2.87. The van der Waals surface area contributed by atoms with Crippen LogP contribution in [0.5, 0.6) is 0 Å². The van der Waals surface area contributed by atoms with Crippen molar-refractivity contribution in [2.45, 2.75) is 57.9 Å². The summed E-state index contributed by atoms with van der Waals surface area (Å²) < 4.78 is 0. The van der Waals surface area contributed by atoms with Crippen LogP contribution >= 0.6 is 0 Å². The molecule has 2 saturated heterocycles. The number of rotatable bonds is 2. The molecule has 0 aromatic carbocycles. The summed E-state index contributed by atoms with van der Waals surface area (Å²) in [6.45, 7) is 7.12. The number of nitrogens with one attached hydrogen (secondary N) is 1. The van der Waals surface area contributed by atoms with Crippen LogP contribution in [-0.2, 0) is 0 Å². The molecule has 0 bridgehead atoms. The van der Waals surface area contributed by atoms with E-state index in [4.69, 9.17) is 4.98 Å². The Morgan fingerprint density at radius 2 is 2.00 bits per heavy atom. The van der Waals surface area contributed by atoms with Gasteiger partial charge in [-0.15, -0.1) is 0 Å². The van der Waals surface area contributed by atoms with E-state index in [1.165, 1.54) is 6.42 Å². The minimum absolute atomic E-state index is 0.188. The van der Waals surface area contributed by atoms with Crippen molar-refractivity contribution >= 4 is 5.91 Å². The van der Waals surface area contributed by atoms with E-state index in [2.05, 4.69) is 17.1 Å². The third-order valence-corrected chi connectivity index (χ3v) is 5.08. The van der Waals surface area contributed by atoms with Crippen LogP contribution in [0.1, 0.15) is 66.7 Å². The fraction of sp³-hybridized carbons (Fsp3) is 0.667. The van der Waals surface area contributed by atoms with E-state index < -0.39 is 0 Å². The maximum Gasteiger partial charge on any atom is 0.255 e. The molecule has 120 valence electrons. The van der Waals surface area contributed by atoms with E-state index in [0.29, 0.717) is 12.0 Å². The normalized spacial score (nSPS) is 23.5. The SMILES string of the molecule is Cc1ccc(C(=O)N2CCCCC2C)c(C2CCNCC2)n1. The molecule has 2 fully saturated rings. The number of hydrogen-bond donors (Lipinski definition) is 1. The molecule has 4 heteroatoms. The second-order valence-corrected chi connectivity index (χ2v) is 6.75. The van der Waals surface area contributed by atoms with Gasteiger partial charge in [0.15, 0.2) is 0 Å². The van der Waals surface area contributed by atoms with Crippen molar-refractivity contribution in [3.05, 3.63) is 29.1 Å². The highest BCUT2D eigenvalue weighted by molar-refractivity contribution is 5.95. The smallest absolute Gasteiger partial charge is 0.255 e. The van der Waals surface area contributed by atoms with Gasteiger partial charge >= 0.3 is 0 Å². The largest absolute Gasteiger partial charge is 0.336 e. The molecule has 0 spiro atoms. The summed E-state index contributed by atoms with van der Waals surface area (Å²) >= 11 is 0. The molecule has 3 heterocycles. The zero-order chi connectivity index (χ0) is 15.5. The quantitative estimate of drug-likeness (QED) is 0.913. The zero-order valence-corrected chi connectivity index (χ0v) is 13.8. The number of likely N-dealkylation sites (tertiary alicyclic amines) is 1. The van der Waals surface area contributed by atoms with Crippen LogP contribution in [0.3, 0.4) is 0 Å². The van der Waals surface area contributed by atoms with Crippen molar-refractivity contribution in [3.63, 3.8) is 0 Å². The van der Waals surface area contributed by atoms with Crippen molar-refractivity contribution < 1.29 is 4.79 Å². The number of pyridine rings is 1. The van der Waals surface area contributed by atoms with Gasteiger partial charge in [0.2, 0.25) is 0 Å². The van der Waals surface area contributed by atoms with Gasteiger partial charge in [-0.1, -0.05) is 0 Å².